The topological polar surface area (TPSA) is 43.8 Å². The molecule has 0 radical (unpaired) electrons. The van der Waals surface area contributed by atoms with Crippen molar-refractivity contribution in [1.29, 1.82) is 0 Å². The molecule has 3 aliphatic rings. The molecule has 0 bridgehead atoms. The Bertz CT molecular complexity index is 464. The van der Waals surface area contributed by atoms with Gasteiger partial charge in [0.15, 0.2) is 0 Å². The van der Waals surface area contributed by atoms with Crippen molar-refractivity contribution in [2.24, 2.45) is 11.8 Å². The number of thiazole rings is 1. The van der Waals surface area contributed by atoms with E-state index in [2.05, 4.69) is 9.88 Å². The van der Waals surface area contributed by atoms with Gasteiger partial charge in [-0.25, -0.2) is 4.98 Å². The van der Waals surface area contributed by atoms with Crippen LogP contribution in [0.3, 0.4) is 0 Å². The second kappa shape index (κ2) is 6.93. The van der Waals surface area contributed by atoms with Crippen LogP contribution in [0.15, 0.2) is 11.6 Å². The molecule has 0 unspecified atom stereocenters. The van der Waals surface area contributed by atoms with Crippen LogP contribution in [0.25, 0.3) is 0 Å². The molecule has 1 aromatic rings. The molecule has 3 fully saturated rings. The number of likely N-dealkylation sites (tertiary alicyclic amines) is 1. The van der Waals surface area contributed by atoms with E-state index >= 15 is 0 Å². The van der Waals surface area contributed by atoms with Crippen LogP contribution in [-0.2, 0) is 20.8 Å². The van der Waals surface area contributed by atoms with Gasteiger partial charge in [0.25, 0.3) is 0 Å². The highest BCUT2D eigenvalue weighted by atomic mass is 32.1. The summed E-state index contributed by atoms with van der Waals surface area (Å²) in [5.74, 6) is 1.20. The van der Waals surface area contributed by atoms with Gasteiger partial charge in [0.05, 0.1) is 32.5 Å². The van der Waals surface area contributed by atoms with E-state index in [-0.39, 0.29) is 0 Å². The van der Waals surface area contributed by atoms with Gasteiger partial charge in [-0.1, -0.05) is 0 Å². The van der Waals surface area contributed by atoms with Crippen LogP contribution in [0.2, 0.25) is 0 Å². The first-order chi connectivity index (χ1) is 10.9. The molecular formula is C16H24N2O3S. The zero-order valence-electron chi connectivity index (χ0n) is 12.9. The zero-order chi connectivity index (χ0) is 14.8. The monoisotopic (exact) mass is 324 g/mol. The van der Waals surface area contributed by atoms with Gasteiger partial charge < -0.3 is 14.2 Å². The van der Waals surface area contributed by atoms with E-state index in [1.165, 1.54) is 5.01 Å². The highest BCUT2D eigenvalue weighted by Crippen LogP contribution is 2.34. The minimum absolute atomic E-state index is 0.315. The summed E-state index contributed by atoms with van der Waals surface area (Å²) in [6.45, 7) is 6.29. The van der Waals surface area contributed by atoms with Crippen molar-refractivity contribution < 1.29 is 14.2 Å². The van der Waals surface area contributed by atoms with Gasteiger partial charge in [-0.05, 0) is 18.8 Å². The number of nitrogens with zero attached hydrogens (tertiary/aromatic N) is 2. The Hall–Kier alpha value is -0.530. The summed E-state index contributed by atoms with van der Waals surface area (Å²) in [6, 6.07) is 0.503. The SMILES string of the molecule is c1csc(CN2C[C@@H](OCC3CCOCC3)[C@@H]3COC[C@@H]32)n1. The Kier molecular flexibility index (Phi) is 4.73. The second-order valence-electron chi connectivity index (χ2n) is 6.55. The maximum Gasteiger partial charge on any atom is 0.107 e. The van der Waals surface area contributed by atoms with Gasteiger partial charge >= 0.3 is 0 Å². The predicted octanol–water partition coefficient (Wildman–Crippen LogP) is 1.79. The lowest BCUT2D eigenvalue weighted by Crippen LogP contribution is -2.32. The predicted molar refractivity (Wildman–Crippen MR) is 83.9 cm³/mol. The van der Waals surface area contributed by atoms with Crippen molar-refractivity contribution in [1.82, 2.24) is 9.88 Å². The molecule has 0 saturated carbocycles. The fourth-order valence-corrected chi connectivity index (χ4v) is 4.47. The number of fused-ring (bicyclic) bond motifs is 1. The van der Waals surface area contributed by atoms with Crippen LogP contribution in [0.1, 0.15) is 17.8 Å². The molecule has 3 aliphatic heterocycles. The fourth-order valence-electron chi connectivity index (χ4n) is 3.83. The lowest BCUT2D eigenvalue weighted by molar-refractivity contribution is -0.0259. The van der Waals surface area contributed by atoms with Crippen molar-refractivity contribution in [3.8, 4) is 0 Å². The lowest BCUT2D eigenvalue weighted by atomic mass is 10.00. The summed E-state index contributed by atoms with van der Waals surface area (Å²) in [5.41, 5.74) is 0. The van der Waals surface area contributed by atoms with Crippen LogP contribution in [0.4, 0.5) is 0 Å². The molecule has 4 rings (SSSR count). The molecule has 5 nitrogen and oxygen atoms in total. The van der Waals surface area contributed by atoms with Gasteiger partial charge in [-0.2, -0.15) is 0 Å². The third kappa shape index (κ3) is 3.21. The van der Waals surface area contributed by atoms with Gasteiger partial charge in [-0.3, -0.25) is 4.90 Å². The Labute approximate surface area is 135 Å². The maximum absolute atomic E-state index is 6.31. The largest absolute Gasteiger partial charge is 0.381 e. The van der Waals surface area contributed by atoms with E-state index in [0.717, 1.165) is 59.0 Å². The van der Waals surface area contributed by atoms with E-state index in [9.17, 15) is 0 Å². The highest BCUT2D eigenvalue weighted by molar-refractivity contribution is 7.09. The van der Waals surface area contributed by atoms with Crippen LogP contribution in [-0.4, -0.2) is 61.6 Å². The molecule has 3 atom stereocenters. The Balaban J connectivity index is 1.34. The fraction of sp³-hybridized carbons (Fsp3) is 0.812. The first kappa shape index (κ1) is 15.0. The summed E-state index contributed by atoms with van der Waals surface area (Å²) in [5, 5.41) is 3.24. The molecule has 0 spiro atoms. The second-order valence-corrected chi connectivity index (χ2v) is 7.53. The average molecular weight is 324 g/mol. The maximum atomic E-state index is 6.31. The minimum Gasteiger partial charge on any atom is -0.381 e. The lowest BCUT2D eigenvalue weighted by Gasteiger charge is -2.25. The molecule has 3 saturated heterocycles. The van der Waals surface area contributed by atoms with Crippen molar-refractivity contribution >= 4 is 11.3 Å². The zero-order valence-corrected chi connectivity index (χ0v) is 13.7. The molecule has 6 heteroatoms. The molecule has 4 heterocycles. The Morgan fingerprint density at radius 2 is 2.18 bits per heavy atom. The van der Waals surface area contributed by atoms with Crippen molar-refractivity contribution in [2.45, 2.75) is 31.5 Å². The first-order valence-electron chi connectivity index (χ1n) is 8.29. The van der Waals surface area contributed by atoms with E-state index in [1.807, 2.05) is 11.6 Å². The van der Waals surface area contributed by atoms with Gasteiger partial charge in [0.2, 0.25) is 0 Å². The van der Waals surface area contributed by atoms with E-state index in [4.69, 9.17) is 14.2 Å². The molecule has 1 aromatic heterocycles. The normalized spacial score (nSPS) is 33.4. The number of ether oxygens (including phenoxy) is 3. The number of aromatic nitrogens is 1. The Morgan fingerprint density at radius 1 is 1.27 bits per heavy atom. The van der Waals surface area contributed by atoms with Crippen LogP contribution < -0.4 is 0 Å². The third-order valence-corrected chi connectivity index (χ3v) is 5.93. The summed E-state index contributed by atoms with van der Waals surface area (Å²) < 4.78 is 17.5. The summed E-state index contributed by atoms with van der Waals surface area (Å²) in [4.78, 5) is 6.92. The van der Waals surface area contributed by atoms with Gasteiger partial charge in [0.1, 0.15) is 5.01 Å². The van der Waals surface area contributed by atoms with Crippen molar-refractivity contribution in [3.05, 3.63) is 16.6 Å². The van der Waals surface area contributed by atoms with Crippen molar-refractivity contribution in [3.63, 3.8) is 0 Å². The molecular weight excluding hydrogens is 300 g/mol. The summed E-state index contributed by atoms with van der Waals surface area (Å²) in [7, 11) is 0. The van der Waals surface area contributed by atoms with Crippen LogP contribution in [0, 0.1) is 11.8 Å². The van der Waals surface area contributed by atoms with Crippen molar-refractivity contribution in [2.75, 3.05) is 39.6 Å². The first-order valence-corrected chi connectivity index (χ1v) is 9.17. The third-order valence-electron chi connectivity index (χ3n) is 5.16. The molecule has 0 aliphatic carbocycles. The summed E-state index contributed by atoms with van der Waals surface area (Å²) >= 11 is 1.73. The number of hydrogen-bond donors (Lipinski definition) is 0. The van der Waals surface area contributed by atoms with Gasteiger partial charge in [-0.15, -0.1) is 11.3 Å². The van der Waals surface area contributed by atoms with Gasteiger partial charge in [0, 0.05) is 43.3 Å². The minimum atomic E-state index is 0.315. The van der Waals surface area contributed by atoms with Crippen LogP contribution >= 0.6 is 11.3 Å². The van der Waals surface area contributed by atoms with E-state index < -0.39 is 0 Å². The molecule has 0 aromatic carbocycles. The van der Waals surface area contributed by atoms with E-state index in [1.54, 1.807) is 11.3 Å². The molecule has 122 valence electrons. The van der Waals surface area contributed by atoms with Crippen LogP contribution in [0.5, 0.6) is 0 Å². The molecule has 0 N–H and O–H groups in total. The molecule has 0 amide bonds. The smallest absolute Gasteiger partial charge is 0.107 e. The standard InChI is InChI=1S/C16H24N2O3S/c1-4-19-5-2-12(1)9-21-15-7-18(8-16-17-3-6-22-16)14-11-20-10-13(14)15/h3,6,12-15H,1-2,4-5,7-11H2/t13-,14+,15-/m1/s1. The summed E-state index contributed by atoms with van der Waals surface area (Å²) in [6.07, 6.45) is 4.48. The highest BCUT2D eigenvalue weighted by Gasteiger charge is 2.46. The average Bonchev–Trinajstić information content (AvgIpc) is 3.26. The Morgan fingerprint density at radius 3 is 3.00 bits per heavy atom. The number of rotatable bonds is 5. The quantitative estimate of drug-likeness (QED) is 0.826. The molecule has 22 heavy (non-hydrogen) atoms. The van der Waals surface area contributed by atoms with E-state index in [0.29, 0.717) is 24.0 Å². The number of hydrogen-bond acceptors (Lipinski definition) is 6.